The van der Waals surface area contributed by atoms with Gasteiger partial charge < -0.3 is 19.8 Å². The van der Waals surface area contributed by atoms with E-state index in [1.165, 1.54) is 6.20 Å². The third-order valence-electron chi connectivity index (χ3n) is 7.07. The summed E-state index contributed by atoms with van der Waals surface area (Å²) < 4.78 is 28.1. The van der Waals surface area contributed by atoms with Crippen LogP contribution in [0.1, 0.15) is 36.3 Å². The lowest BCUT2D eigenvalue weighted by Crippen LogP contribution is -2.29. The van der Waals surface area contributed by atoms with E-state index in [0.29, 0.717) is 30.1 Å². The Kier molecular flexibility index (Phi) is 5.06. The number of hydrogen-bond acceptors (Lipinski definition) is 6. The molecule has 180 valence electrons. The SMILES string of the molecule is Cc1ncc(S(=O)(=O)C2CC=C(N3C=C(Nc4ccc5[nH]ncc5c4)c4cc[nH]c4C3)CC2)n1C. The summed E-state index contributed by atoms with van der Waals surface area (Å²) in [7, 11) is -1.68. The van der Waals surface area contributed by atoms with Gasteiger partial charge in [0.15, 0.2) is 14.9 Å². The fourth-order valence-electron chi connectivity index (χ4n) is 4.94. The third kappa shape index (κ3) is 3.74. The molecule has 1 aliphatic heterocycles. The second-order valence-corrected chi connectivity index (χ2v) is 11.4. The van der Waals surface area contributed by atoms with E-state index in [-0.39, 0.29) is 0 Å². The Balaban J connectivity index is 1.25. The zero-order valence-corrected chi connectivity index (χ0v) is 20.4. The van der Waals surface area contributed by atoms with Crippen LogP contribution in [0.25, 0.3) is 16.6 Å². The summed E-state index contributed by atoms with van der Waals surface area (Å²) in [5, 5.41) is 11.6. The van der Waals surface area contributed by atoms with Gasteiger partial charge in [-0.1, -0.05) is 6.08 Å². The van der Waals surface area contributed by atoms with Crippen molar-refractivity contribution in [1.29, 1.82) is 0 Å². The lowest BCUT2D eigenvalue weighted by Gasteiger charge is -2.32. The highest BCUT2D eigenvalue weighted by molar-refractivity contribution is 7.92. The first-order chi connectivity index (χ1) is 16.9. The maximum Gasteiger partial charge on any atom is 0.198 e. The summed E-state index contributed by atoms with van der Waals surface area (Å²) >= 11 is 0. The van der Waals surface area contributed by atoms with Gasteiger partial charge in [0, 0.05) is 47.5 Å². The lowest BCUT2D eigenvalue weighted by atomic mass is 10.0. The molecular weight excluding hydrogens is 462 g/mol. The number of sulfone groups is 1. The van der Waals surface area contributed by atoms with Gasteiger partial charge in [-0.15, -0.1) is 0 Å². The number of anilines is 1. The number of nitrogens with zero attached hydrogens (tertiary/aromatic N) is 4. The largest absolute Gasteiger partial charge is 0.363 e. The first kappa shape index (κ1) is 21.7. The van der Waals surface area contributed by atoms with Crippen molar-refractivity contribution in [2.45, 2.75) is 43.0 Å². The first-order valence-corrected chi connectivity index (χ1v) is 13.2. The van der Waals surface area contributed by atoms with E-state index in [0.717, 1.165) is 45.8 Å². The van der Waals surface area contributed by atoms with Gasteiger partial charge in [-0.05, 0) is 50.5 Å². The van der Waals surface area contributed by atoms with Gasteiger partial charge in [0.1, 0.15) is 5.82 Å². The summed E-state index contributed by atoms with van der Waals surface area (Å²) in [6.45, 7) is 2.53. The second-order valence-electron chi connectivity index (χ2n) is 9.18. The first-order valence-electron chi connectivity index (χ1n) is 11.7. The minimum Gasteiger partial charge on any atom is -0.363 e. The highest BCUT2D eigenvalue weighted by atomic mass is 32.2. The molecule has 3 aromatic heterocycles. The highest BCUT2D eigenvalue weighted by Gasteiger charge is 2.33. The molecule has 0 saturated heterocycles. The van der Waals surface area contributed by atoms with Gasteiger partial charge in [-0.25, -0.2) is 13.4 Å². The van der Waals surface area contributed by atoms with Crippen molar-refractivity contribution in [1.82, 2.24) is 29.6 Å². The number of nitrogens with one attached hydrogen (secondary N) is 3. The van der Waals surface area contributed by atoms with Crippen LogP contribution < -0.4 is 5.32 Å². The van der Waals surface area contributed by atoms with Crippen molar-refractivity contribution < 1.29 is 8.42 Å². The molecule has 1 unspecified atom stereocenters. The number of H-pyrrole nitrogens is 2. The number of allylic oxidation sites excluding steroid dienone is 2. The van der Waals surface area contributed by atoms with Crippen LogP contribution in [-0.2, 0) is 23.4 Å². The number of hydrogen-bond donors (Lipinski definition) is 3. The average Bonchev–Trinajstić information content (AvgIpc) is 3.59. The van der Waals surface area contributed by atoms with Crippen LogP contribution in [0.15, 0.2) is 65.9 Å². The van der Waals surface area contributed by atoms with Gasteiger partial charge in [0.05, 0.1) is 35.4 Å². The quantitative estimate of drug-likeness (QED) is 0.390. The van der Waals surface area contributed by atoms with Gasteiger partial charge in [0.25, 0.3) is 0 Å². The minimum atomic E-state index is -3.43. The lowest BCUT2D eigenvalue weighted by molar-refractivity contribution is 0.410. The van der Waals surface area contributed by atoms with Gasteiger partial charge >= 0.3 is 0 Å². The Hall–Kier alpha value is -3.79. The van der Waals surface area contributed by atoms with Crippen molar-refractivity contribution in [2.75, 3.05) is 5.32 Å². The zero-order valence-electron chi connectivity index (χ0n) is 19.6. The van der Waals surface area contributed by atoms with Crippen LogP contribution in [0.4, 0.5) is 5.69 Å². The van der Waals surface area contributed by atoms with Crippen molar-refractivity contribution >= 4 is 32.1 Å². The molecule has 0 bridgehead atoms. The minimum absolute atomic E-state index is 0.298. The molecule has 9 nitrogen and oxygen atoms in total. The predicted molar refractivity (Wildman–Crippen MR) is 135 cm³/mol. The number of aromatic amines is 2. The van der Waals surface area contributed by atoms with E-state index in [2.05, 4.69) is 54.8 Å². The Morgan fingerprint density at radius 2 is 2.09 bits per heavy atom. The maximum absolute atomic E-state index is 13.2. The molecule has 4 heterocycles. The number of benzene rings is 1. The molecule has 1 atom stereocenters. The van der Waals surface area contributed by atoms with Crippen molar-refractivity contribution in [3.8, 4) is 0 Å². The molecule has 0 fully saturated rings. The van der Waals surface area contributed by atoms with E-state index in [1.54, 1.807) is 11.6 Å². The molecule has 4 aromatic rings. The summed E-state index contributed by atoms with van der Waals surface area (Å²) in [4.78, 5) is 9.75. The molecular formula is C25H27N7O2S. The van der Waals surface area contributed by atoms with Crippen LogP contribution >= 0.6 is 0 Å². The smallest absolute Gasteiger partial charge is 0.198 e. The van der Waals surface area contributed by atoms with E-state index in [9.17, 15) is 8.42 Å². The molecule has 1 aliphatic carbocycles. The van der Waals surface area contributed by atoms with Crippen LogP contribution in [0.5, 0.6) is 0 Å². The summed E-state index contributed by atoms with van der Waals surface area (Å²) in [6, 6.07) is 8.19. The molecule has 0 spiro atoms. The topological polar surface area (TPSA) is 112 Å². The monoisotopic (exact) mass is 489 g/mol. The summed E-state index contributed by atoms with van der Waals surface area (Å²) in [5.74, 6) is 0.697. The summed E-state index contributed by atoms with van der Waals surface area (Å²) in [5.41, 5.74) is 6.38. The molecule has 3 N–H and O–H groups in total. The summed E-state index contributed by atoms with van der Waals surface area (Å²) in [6.07, 6.45) is 11.2. The van der Waals surface area contributed by atoms with E-state index in [4.69, 9.17) is 0 Å². The van der Waals surface area contributed by atoms with E-state index in [1.807, 2.05) is 31.5 Å². The number of aromatic nitrogens is 5. The third-order valence-corrected chi connectivity index (χ3v) is 9.34. The fraction of sp³-hybridized carbons (Fsp3) is 0.280. The molecule has 0 radical (unpaired) electrons. The van der Waals surface area contributed by atoms with Crippen molar-refractivity contribution in [3.63, 3.8) is 0 Å². The van der Waals surface area contributed by atoms with Crippen LogP contribution in [0, 0.1) is 6.92 Å². The Labute approximate surface area is 203 Å². The average molecular weight is 490 g/mol. The van der Waals surface area contributed by atoms with Gasteiger partial charge in [-0.3, -0.25) is 5.10 Å². The highest BCUT2D eigenvalue weighted by Crippen LogP contribution is 2.35. The number of rotatable bonds is 5. The molecule has 0 saturated carbocycles. The Morgan fingerprint density at radius 1 is 1.20 bits per heavy atom. The standard InChI is InChI=1S/C25H27N7O2S/c1-16-27-13-25(31(16)2)35(33,34)20-6-4-19(5-7-20)32-14-23-21(9-10-26-23)24(15-32)29-18-3-8-22-17(11-18)12-28-30-22/h3-4,8-13,15,20,26,29H,5-7,14H2,1-2H3,(H,28,30). The predicted octanol–water partition coefficient (Wildman–Crippen LogP) is 4.07. The molecule has 6 rings (SSSR count). The Bertz CT molecular complexity index is 1590. The van der Waals surface area contributed by atoms with E-state index >= 15 is 0 Å². The Morgan fingerprint density at radius 3 is 2.86 bits per heavy atom. The van der Waals surface area contributed by atoms with Crippen molar-refractivity contribution in [3.05, 3.63) is 77.9 Å². The molecule has 1 aromatic carbocycles. The van der Waals surface area contributed by atoms with Gasteiger partial charge in [0.2, 0.25) is 0 Å². The number of fused-ring (bicyclic) bond motifs is 2. The fourth-order valence-corrected chi connectivity index (χ4v) is 6.78. The van der Waals surface area contributed by atoms with Crippen LogP contribution in [-0.4, -0.2) is 43.3 Å². The van der Waals surface area contributed by atoms with Gasteiger partial charge in [-0.2, -0.15) is 5.10 Å². The van der Waals surface area contributed by atoms with Crippen molar-refractivity contribution in [2.24, 2.45) is 7.05 Å². The van der Waals surface area contributed by atoms with E-state index < -0.39 is 15.1 Å². The van der Waals surface area contributed by atoms with Crippen LogP contribution in [0.3, 0.4) is 0 Å². The zero-order chi connectivity index (χ0) is 24.2. The number of imidazole rings is 1. The second kappa shape index (κ2) is 8.16. The normalized spacial score (nSPS) is 18.3. The molecule has 2 aliphatic rings. The molecule has 0 amide bonds. The van der Waals surface area contributed by atoms with Crippen LogP contribution in [0.2, 0.25) is 0 Å². The molecule has 35 heavy (non-hydrogen) atoms. The maximum atomic E-state index is 13.2. The number of aryl methyl sites for hydroxylation is 1. The molecule has 10 heteroatoms.